The Hall–Kier alpha value is -2.28. The van der Waals surface area contributed by atoms with Crippen molar-refractivity contribution in [1.82, 2.24) is 0 Å². The molecule has 2 nitrogen and oxygen atoms in total. The van der Waals surface area contributed by atoms with Gasteiger partial charge in [0.15, 0.2) is 0 Å². The van der Waals surface area contributed by atoms with Crippen LogP contribution in [0.1, 0.15) is 0 Å². The van der Waals surface area contributed by atoms with E-state index in [9.17, 15) is 115 Å². The van der Waals surface area contributed by atoms with Gasteiger partial charge in [-0.3, -0.25) is 0 Å². The standard InChI is InChI=1S/C13HF25O2/c14-2(15,1(39)40)3(16,17)4(18,19)5(20,21)6(22,23)7(24,25)8(26,27)9(28,29)10(30,31)11(32,33)12(34,35)13(36,37)38/h(H,39,40)/i1+1. The maximum Gasteiger partial charge on any atom is 0.460 e. The van der Waals surface area contributed by atoms with Gasteiger partial charge in [0.25, 0.3) is 0 Å². The Morgan fingerprint density at radius 1 is 0.300 bits per heavy atom. The fourth-order valence-corrected chi connectivity index (χ4v) is 2.09. The molecule has 0 unspecified atom stereocenters. The number of hydrogen-bond acceptors (Lipinski definition) is 1. The van der Waals surface area contributed by atoms with Crippen LogP contribution in [0.2, 0.25) is 0 Å². The van der Waals surface area contributed by atoms with Gasteiger partial charge in [-0.2, -0.15) is 110 Å². The van der Waals surface area contributed by atoms with Crippen LogP contribution in [0.4, 0.5) is 110 Å². The third kappa shape index (κ3) is 4.08. The summed E-state index contributed by atoms with van der Waals surface area (Å²) in [6, 6.07) is 0. The Morgan fingerprint density at radius 2 is 0.450 bits per heavy atom. The van der Waals surface area contributed by atoms with Crippen molar-refractivity contribution >= 4 is 5.97 Å². The van der Waals surface area contributed by atoms with Gasteiger partial charge < -0.3 is 5.11 Å². The van der Waals surface area contributed by atoms with Crippen molar-refractivity contribution in [2.45, 2.75) is 71.3 Å². The van der Waals surface area contributed by atoms with Crippen LogP contribution in [0.15, 0.2) is 0 Å². The van der Waals surface area contributed by atoms with E-state index in [1.54, 1.807) is 0 Å². The number of carboxylic acids is 1. The monoisotopic (exact) mass is 665 g/mol. The highest BCUT2D eigenvalue weighted by Gasteiger charge is 2.99. The first-order chi connectivity index (χ1) is 16.7. The molecular formula is C13HF25O2. The molecule has 0 spiro atoms. The Labute approximate surface area is 198 Å². The van der Waals surface area contributed by atoms with Crippen LogP contribution in [0.5, 0.6) is 0 Å². The van der Waals surface area contributed by atoms with Gasteiger partial charge >= 0.3 is 77.3 Å². The number of rotatable bonds is 11. The molecule has 0 aliphatic heterocycles. The molecule has 240 valence electrons. The van der Waals surface area contributed by atoms with E-state index >= 15 is 0 Å². The maximum absolute atomic E-state index is 13.5. The second kappa shape index (κ2) is 8.86. The van der Waals surface area contributed by atoms with E-state index in [-0.39, 0.29) is 0 Å². The first-order valence-corrected chi connectivity index (χ1v) is 8.15. The highest BCUT2D eigenvalue weighted by Crippen LogP contribution is 2.67. The van der Waals surface area contributed by atoms with E-state index < -0.39 is 77.3 Å². The van der Waals surface area contributed by atoms with Crippen LogP contribution in [0, 0.1) is 0 Å². The molecule has 0 atom stereocenters. The average molecular weight is 665 g/mol. The average Bonchev–Trinajstić information content (AvgIpc) is 2.71. The largest absolute Gasteiger partial charge is 0.477 e. The van der Waals surface area contributed by atoms with Crippen LogP contribution in [0.3, 0.4) is 0 Å². The first kappa shape index (κ1) is 37.7. The molecule has 0 aromatic carbocycles. The SMILES string of the molecule is O=[13C](O)C(F)(F)C(F)(F)C(F)(F)C(F)(F)C(F)(F)C(F)(F)C(F)(F)C(F)(F)C(F)(F)C(F)(F)C(F)(F)C(F)(F)F. The van der Waals surface area contributed by atoms with E-state index in [2.05, 4.69) is 0 Å². The zero-order chi connectivity index (χ0) is 33.6. The lowest BCUT2D eigenvalue weighted by Gasteiger charge is -2.45. The fraction of sp³-hybridized carbons (Fsp3) is 0.923. The number of hydrogen-bond donors (Lipinski definition) is 1. The third-order valence-electron chi connectivity index (χ3n) is 4.57. The van der Waals surface area contributed by atoms with Gasteiger partial charge in [-0.25, -0.2) is 4.79 Å². The molecule has 0 aromatic rings. The van der Waals surface area contributed by atoms with Crippen molar-refractivity contribution in [1.29, 1.82) is 0 Å². The summed E-state index contributed by atoms with van der Waals surface area (Å²) in [6.07, 6.45) is -8.20. The maximum atomic E-state index is 13.5. The predicted molar refractivity (Wildman–Crippen MR) is 68.1 cm³/mol. The lowest BCUT2D eigenvalue weighted by molar-refractivity contribution is -0.481. The molecule has 0 rings (SSSR count). The van der Waals surface area contributed by atoms with E-state index in [0.717, 1.165) is 0 Å². The molecule has 27 heteroatoms. The van der Waals surface area contributed by atoms with Gasteiger partial charge in [0.2, 0.25) is 0 Å². The quantitative estimate of drug-likeness (QED) is 0.182. The number of alkyl halides is 25. The molecular weight excluding hydrogens is 664 g/mol. The van der Waals surface area contributed by atoms with Crippen molar-refractivity contribution in [3.63, 3.8) is 0 Å². The molecule has 0 heterocycles. The smallest absolute Gasteiger partial charge is 0.460 e. The van der Waals surface area contributed by atoms with E-state index in [4.69, 9.17) is 5.11 Å². The summed E-state index contributed by atoms with van der Waals surface area (Å²) in [7, 11) is 0. The minimum absolute atomic E-state index is 4.67. The van der Waals surface area contributed by atoms with Crippen LogP contribution >= 0.6 is 0 Å². The minimum atomic E-state index is -9.68. The second-order valence-electron chi connectivity index (χ2n) is 7.12. The second-order valence-corrected chi connectivity index (χ2v) is 7.12. The molecule has 0 saturated carbocycles. The molecule has 0 radical (unpaired) electrons. The molecule has 0 saturated heterocycles. The highest BCUT2D eigenvalue weighted by atomic mass is 19.4. The van der Waals surface area contributed by atoms with Crippen molar-refractivity contribution in [3.8, 4) is 0 Å². The van der Waals surface area contributed by atoms with Gasteiger partial charge in [-0.05, 0) is 0 Å². The third-order valence-corrected chi connectivity index (χ3v) is 4.57. The number of carboxylic acid groups (broad SMARTS) is 1. The van der Waals surface area contributed by atoms with E-state index in [1.807, 2.05) is 0 Å². The lowest BCUT2D eigenvalue weighted by atomic mass is 9.85. The van der Waals surface area contributed by atoms with Crippen molar-refractivity contribution in [3.05, 3.63) is 0 Å². The summed E-state index contributed by atoms with van der Waals surface area (Å²) >= 11 is 0. The van der Waals surface area contributed by atoms with Crippen LogP contribution in [-0.2, 0) is 4.79 Å². The summed E-state index contributed by atoms with van der Waals surface area (Å²) in [5, 5.41) is 7.63. The Bertz CT molecular complexity index is 970. The molecule has 0 amide bonds. The topological polar surface area (TPSA) is 37.3 Å². The number of carbonyl (C=O) groups is 1. The molecule has 0 aliphatic carbocycles. The molecule has 0 fully saturated rings. The summed E-state index contributed by atoms with van der Waals surface area (Å²) in [5.74, 6) is -105. The van der Waals surface area contributed by atoms with E-state index in [0.29, 0.717) is 0 Å². The van der Waals surface area contributed by atoms with Gasteiger partial charge in [-0.15, -0.1) is 0 Å². The zero-order valence-electron chi connectivity index (χ0n) is 16.8. The molecule has 0 aromatic heterocycles. The number of aliphatic carboxylic acids is 1. The first-order valence-electron chi connectivity index (χ1n) is 8.15. The molecule has 40 heavy (non-hydrogen) atoms. The molecule has 0 bridgehead atoms. The Balaban J connectivity index is 7.37. The van der Waals surface area contributed by atoms with Crippen LogP contribution in [-0.4, -0.2) is 82.4 Å². The minimum Gasteiger partial charge on any atom is -0.477 e. The number of halogens is 25. The summed E-state index contributed by atoms with van der Waals surface area (Å²) < 4.78 is 326. The molecule has 0 aliphatic rings. The van der Waals surface area contributed by atoms with Crippen molar-refractivity contribution in [2.24, 2.45) is 0 Å². The van der Waals surface area contributed by atoms with Gasteiger partial charge in [-0.1, -0.05) is 0 Å². The van der Waals surface area contributed by atoms with Crippen molar-refractivity contribution < 1.29 is 120 Å². The Morgan fingerprint density at radius 3 is 0.600 bits per heavy atom. The fourth-order valence-electron chi connectivity index (χ4n) is 2.09. The van der Waals surface area contributed by atoms with Gasteiger partial charge in [0.1, 0.15) is 0 Å². The summed E-state index contributed by atoms with van der Waals surface area (Å²) in [5.41, 5.74) is 0. The van der Waals surface area contributed by atoms with Crippen LogP contribution in [0.25, 0.3) is 0 Å². The Kier molecular flexibility index (Phi) is 8.35. The van der Waals surface area contributed by atoms with Gasteiger partial charge in [0, 0.05) is 0 Å². The predicted octanol–water partition coefficient (Wildman–Crippen LogP) is 7.62. The molecule has 1 N–H and O–H groups in total. The van der Waals surface area contributed by atoms with Crippen molar-refractivity contribution in [2.75, 3.05) is 0 Å². The lowest BCUT2D eigenvalue weighted by Crippen LogP contribution is -2.78. The van der Waals surface area contributed by atoms with Crippen LogP contribution < -0.4 is 0 Å². The van der Waals surface area contributed by atoms with Gasteiger partial charge in [0.05, 0.1) is 0 Å². The normalized spacial score (nSPS) is 16.8. The summed E-state index contributed by atoms with van der Waals surface area (Å²) in [6.45, 7) is 0. The summed E-state index contributed by atoms with van der Waals surface area (Å²) in [4.78, 5) is 9.88. The zero-order valence-corrected chi connectivity index (χ0v) is 16.8. The highest BCUT2D eigenvalue weighted by molar-refractivity contribution is 5.77. The van der Waals surface area contributed by atoms with E-state index in [1.165, 1.54) is 0 Å².